The van der Waals surface area contributed by atoms with Crippen LogP contribution in [0.3, 0.4) is 0 Å². The van der Waals surface area contributed by atoms with Gasteiger partial charge in [-0.25, -0.2) is 4.57 Å². The molecular weight excluding hydrogens is 239 g/mol. The highest BCUT2D eigenvalue weighted by Gasteiger charge is 2.15. The first-order valence-electron chi connectivity index (χ1n) is 4.90. The van der Waals surface area contributed by atoms with Crippen LogP contribution in [0.4, 0.5) is 5.69 Å². The van der Waals surface area contributed by atoms with E-state index in [1.807, 2.05) is 6.07 Å². The van der Waals surface area contributed by atoms with Gasteiger partial charge in [-0.2, -0.15) is 0 Å². The van der Waals surface area contributed by atoms with Crippen molar-refractivity contribution < 1.29 is 14.4 Å². The van der Waals surface area contributed by atoms with E-state index in [4.69, 9.17) is 9.79 Å². The summed E-state index contributed by atoms with van der Waals surface area (Å²) in [6, 6.07) is 12.2. The number of aromatic nitrogens is 1. The molecule has 17 heavy (non-hydrogen) atoms. The molecule has 0 saturated carbocycles. The number of pyridine rings is 1. The van der Waals surface area contributed by atoms with E-state index in [1.165, 1.54) is 0 Å². The van der Waals surface area contributed by atoms with Gasteiger partial charge in [-0.05, 0) is 18.2 Å². The van der Waals surface area contributed by atoms with Crippen LogP contribution in [0, 0.1) is 0 Å². The second-order valence-electron chi connectivity index (χ2n) is 3.42. The molecule has 1 aromatic heterocycles. The summed E-state index contributed by atoms with van der Waals surface area (Å²) in [6.45, 7) is 0. The molecule has 2 aromatic rings. The van der Waals surface area contributed by atoms with Crippen LogP contribution < -0.4 is 5.09 Å². The quantitative estimate of drug-likeness (QED) is 0.728. The Hall–Kier alpha value is -1.68. The minimum Gasteiger partial charge on any atom is -0.308 e. The van der Waals surface area contributed by atoms with Gasteiger partial charge < -0.3 is 9.79 Å². The first-order chi connectivity index (χ1) is 8.06. The third kappa shape index (κ3) is 3.14. The van der Waals surface area contributed by atoms with E-state index in [2.05, 4.69) is 10.1 Å². The smallest absolute Gasteiger partial charge is 0.308 e. The number of rotatable bonds is 3. The molecule has 0 aliphatic carbocycles. The molecule has 1 aromatic carbocycles. The van der Waals surface area contributed by atoms with Crippen molar-refractivity contribution in [2.24, 2.45) is 0 Å². The van der Waals surface area contributed by atoms with Crippen molar-refractivity contribution >= 4 is 13.4 Å². The summed E-state index contributed by atoms with van der Waals surface area (Å²) in [4.78, 5) is 22.0. The number of hydrogen-bond donors (Lipinski definition) is 3. The van der Waals surface area contributed by atoms with Crippen molar-refractivity contribution in [1.82, 2.24) is 4.98 Å². The minimum atomic E-state index is -4.31. The number of nitrogens with one attached hydrogen (secondary N) is 1. The average molecular weight is 250 g/mol. The Bertz CT molecular complexity index is 554. The molecule has 0 aliphatic rings. The predicted molar refractivity (Wildman–Crippen MR) is 65.3 cm³/mol. The molecule has 0 bridgehead atoms. The van der Waals surface area contributed by atoms with E-state index in [1.54, 1.807) is 42.6 Å². The summed E-state index contributed by atoms with van der Waals surface area (Å²) in [5.41, 5.74) is 1.67. The molecule has 6 heteroatoms. The number of hydrogen-bond acceptors (Lipinski definition) is 2. The monoisotopic (exact) mass is 250 g/mol. The fraction of sp³-hybridized carbons (Fsp3) is 0. The van der Waals surface area contributed by atoms with E-state index in [9.17, 15) is 4.57 Å². The molecule has 2 rings (SSSR count). The Morgan fingerprint density at radius 3 is 2.41 bits per heavy atom. The van der Waals surface area contributed by atoms with Crippen molar-refractivity contribution in [3.05, 3.63) is 48.7 Å². The summed E-state index contributed by atoms with van der Waals surface area (Å²) >= 11 is 0. The first-order valence-corrected chi connectivity index (χ1v) is 6.52. The summed E-state index contributed by atoms with van der Waals surface area (Å²) in [6.07, 6.45) is 1.63. The van der Waals surface area contributed by atoms with Gasteiger partial charge in [0, 0.05) is 11.8 Å². The Morgan fingerprint density at radius 1 is 1.06 bits per heavy atom. The van der Waals surface area contributed by atoms with Crippen LogP contribution >= 0.6 is 7.75 Å². The maximum Gasteiger partial charge on any atom is 0.427 e. The molecule has 3 N–H and O–H groups in total. The van der Waals surface area contributed by atoms with Crippen molar-refractivity contribution in [2.45, 2.75) is 0 Å². The molecule has 0 fully saturated rings. The zero-order chi connectivity index (χ0) is 12.3. The van der Waals surface area contributed by atoms with Gasteiger partial charge >= 0.3 is 7.75 Å². The molecule has 0 spiro atoms. The molecule has 0 radical (unpaired) electrons. The maximum absolute atomic E-state index is 10.9. The SMILES string of the molecule is O=P(O)(O)Nc1ccccc1-c1ccccn1. The number of nitrogens with zero attached hydrogens (tertiary/aromatic N) is 1. The lowest BCUT2D eigenvalue weighted by Crippen LogP contribution is -1.97. The van der Waals surface area contributed by atoms with E-state index in [-0.39, 0.29) is 0 Å². The largest absolute Gasteiger partial charge is 0.427 e. The van der Waals surface area contributed by atoms with Gasteiger partial charge in [-0.15, -0.1) is 0 Å². The Kier molecular flexibility index (Phi) is 3.24. The number of anilines is 1. The molecule has 0 aliphatic heterocycles. The zero-order valence-electron chi connectivity index (χ0n) is 8.82. The normalized spacial score (nSPS) is 11.2. The van der Waals surface area contributed by atoms with E-state index >= 15 is 0 Å². The molecular formula is C11H11N2O3P. The fourth-order valence-corrected chi connectivity index (χ4v) is 1.99. The van der Waals surface area contributed by atoms with Crippen LogP contribution in [-0.2, 0) is 4.57 Å². The third-order valence-corrected chi connectivity index (χ3v) is 2.67. The lowest BCUT2D eigenvalue weighted by Gasteiger charge is -2.12. The summed E-state index contributed by atoms with van der Waals surface area (Å²) < 4.78 is 10.9. The Labute approximate surface area is 98.4 Å². The summed E-state index contributed by atoms with van der Waals surface area (Å²) in [5.74, 6) is 0. The average Bonchev–Trinajstić information content (AvgIpc) is 2.29. The van der Waals surface area contributed by atoms with E-state index < -0.39 is 7.75 Å². The molecule has 0 amide bonds. The van der Waals surface area contributed by atoms with Crippen LogP contribution in [0.15, 0.2) is 48.7 Å². The maximum atomic E-state index is 10.9. The fourth-order valence-electron chi connectivity index (χ4n) is 1.48. The molecule has 5 nitrogen and oxygen atoms in total. The third-order valence-electron chi connectivity index (χ3n) is 2.13. The van der Waals surface area contributed by atoms with Gasteiger partial charge in [0.2, 0.25) is 0 Å². The number of benzene rings is 1. The summed E-state index contributed by atoms with van der Waals surface area (Å²) in [5, 5.41) is 2.17. The Balaban J connectivity index is 2.45. The van der Waals surface area contributed by atoms with Crippen LogP contribution in [0.2, 0.25) is 0 Å². The zero-order valence-corrected chi connectivity index (χ0v) is 9.71. The van der Waals surface area contributed by atoms with Crippen molar-refractivity contribution in [3.8, 4) is 11.3 Å². The van der Waals surface area contributed by atoms with Crippen molar-refractivity contribution in [3.63, 3.8) is 0 Å². The standard InChI is InChI=1S/C11H11N2O3P/c14-17(15,16)13-11-7-2-1-5-9(11)10-6-3-4-8-12-10/h1-8H,(H3,13,14,15,16). The van der Waals surface area contributed by atoms with Crippen LogP contribution in [0.5, 0.6) is 0 Å². The molecule has 0 saturated heterocycles. The van der Waals surface area contributed by atoms with Crippen LogP contribution in [0.25, 0.3) is 11.3 Å². The van der Waals surface area contributed by atoms with Gasteiger partial charge in [0.05, 0.1) is 11.4 Å². The first kappa shape index (κ1) is 11.8. The topological polar surface area (TPSA) is 82.5 Å². The molecule has 0 atom stereocenters. The van der Waals surface area contributed by atoms with Crippen molar-refractivity contribution in [2.75, 3.05) is 5.09 Å². The molecule has 88 valence electrons. The van der Waals surface area contributed by atoms with Gasteiger partial charge in [-0.1, -0.05) is 24.3 Å². The highest BCUT2D eigenvalue weighted by atomic mass is 31.2. The van der Waals surface area contributed by atoms with Crippen LogP contribution in [0.1, 0.15) is 0 Å². The van der Waals surface area contributed by atoms with Gasteiger partial charge in [0.15, 0.2) is 0 Å². The predicted octanol–water partition coefficient (Wildman–Crippen LogP) is 2.25. The second kappa shape index (κ2) is 4.67. The van der Waals surface area contributed by atoms with Gasteiger partial charge in [-0.3, -0.25) is 10.1 Å². The second-order valence-corrected chi connectivity index (χ2v) is 4.73. The van der Waals surface area contributed by atoms with E-state index in [0.717, 1.165) is 0 Å². The van der Waals surface area contributed by atoms with Crippen molar-refractivity contribution in [1.29, 1.82) is 0 Å². The van der Waals surface area contributed by atoms with Gasteiger partial charge in [0.1, 0.15) is 0 Å². The lowest BCUT2D eigenvalue weighted by atomic mass is 10.1. The van der Waals surface area contributed by atoms with Gasteiger partial charge in [0.25, 0.3) is 0 Å². The molecule has 1 heterocycles. The Morgan fingerprint density at radius 2 is 1.76 bits per heavy atom. The van der Waals surface area contributed by atoms with E-state index in [0.29, 0.717) is 16.9 Å². The highest BCUT2D eigenvalue weighted by molar-refractivity contribution is 7.53. The molecule has 0 unspecified atom stereocenters. The lowest BCUT2D eigenvalue weighted by molar-refractivity contribution is 0.380. The minimum absolute atomic E-state index is 0.361. The summed E-state index contributed by atoms with van der Waals surface area (Å²) in [7, 11) is -4.31. The van der Waals surface area contributed by atoms with Crippen LogP contribution in [-0.4, -0.2) is 14.8 Å². The highest BCUT2D eigenvalue weighted by Crippen LogP contribution is 2.38. The number of para-hydroxylation sites is 1.